The molecule has 7 nitrogen and oxygen atoms in total. The average Bonchev–Trinajstić information content (AvgIpc) is 3.00. The SMILES string of the molecule is Cc1nn(-c2ccccc2)c(C)c1CNC(=O)c1ccc(Cl)c(S(=O)(=O)N(C)C)c1. The molecule has 0 aliphatic rings. The van der Waals surface area contributed by atoms with E-state index in [1.165, 1.54) is 32.3 Å². The predicted molar refractivity (Wildman–Crippen MR) is 117 cm³/mol. The van der Waals surface area contributed by atoms with Crippen LogP contribution in [-0.2, 0) is 16.6 Å². The van der Waals surface area contributed by atoms with Crippen LogP contribution >= 0.6 is 11.6 Å². The lowest BCUT2D eigenvalue weighted by molar-refractivity contribution is 0.0950. The van der Waals surface area contributed by atoms with E-state index in [2.05, 4.69) is 10.4 Å². The first-order chi connectivity index (χ1) is 14.1. The van der Waals surface area contributed by atoms with Crippen LogP contribution in [0.25, 0.3) is 5.69 Å². The number of sulfonamides is 1. The molecule has 0 aliphatic heterocycles. The second kappa shape index (κ2) is 8.59. The summed E-state index contributed by atoms with van der Waals surface area (Å²) in [6, 6.07) is 13.9. The van der Waals surface area contributed by atoms with E-state index in [9.17, 15) is 13.2 Å². The van der Waals surface area contributed by atoms with Crippen molar-refractivity contribution >= 4 is 27.5 Å². The molecule has 0 fully saturated rings. The highest BCUT2D eigenvalue weighted by molar-refractivity contribution is 7.89. The first-order valence-corrected chi connectivity index (χ1v) is 11.1. The lowest BCUT2D eigenvalue weighted by atomic mass is 10.1. The molecule has 0 unspecified atom stereocenters. The van der Waals surface area contributed by atoms with Gasteiger partial charge in [-0.2, -0.15) is 5.10 Å². The van der Waals surface area contributed by atoms with Crippen LogP contribution in [0.1, 0.15) is 27.3 Å². The summed E-state index contributed by atoms with van der Waals surface area (Å²) in [7, 11) is -0.941. The number of aryl methyl sites for hydroxylation is 1. The summed E-state index contributed by atoms with van der Waals surface area (Å²) in [6.45, 7) is 4.10. The summed E-state index contributed by atoms with van der Waals surface area (Å²) < 4.78 is 27.8. The largest absolute Gasteiger partial charge is 0.348 e. The van der Waals surface area contributed by atoms with Crippen LogP contribution in [0.4, 0.5) is 0 Å². The van der Waals surface area contributed by atoms with Gasteiger partial charge in [0.25, 0.3) is 5.91 Å². The molecule has 30 heavy (non-hydrogen) atoms. The molecule has 1 heterocycles. The van der Waals surface area contributed by atoms with Gasteiger partial charge in [0, 0.05) is 37.5 Å². The van der Waals surface area contributed by atoms with E-state index in [0.717, 1.165) is 26.9 Å². The maximum atomic E-state index is 12.7. The fourth-order valence-electron chi connectivity index (χ4n) is 3.06. The van der Waals surface area contributed by atoms with Crippen LogP contribution in [0.2, 0.25) is 5.02 Å². The molecule has 0 bridgehead atoms. The molecule has 0 saturated carbocycles. The molecule has 1 amide bonds. The van der Waals surface area contributed by atoms with Crippen LogP contribution in [0.5, 0.6) is 0 Å². The minimum Gasteiger partial charge on any atom is -0.348 e. The van der Waals surface area contributed by atoms with Crippen molar-refractivity contribution in [1.29, 1.82) is 0 Å². The third-order valence-corrected chi connectivity index (χ3v) is 7.12. The van der Waals surface area contributed by atoms with Crippen LogP contribution in [0, 0.1) is 13.8 Å². The Morgan fingerprint density at radius 2 is 1.80 bits per heavy atom. The van der Waals surface area contributed by atoms with E-state index in [1.54, 1.807) is 0 Å². The first-order valence-electron chi connectivity index (χ1n) is 9.23. The Bertz CT molecular complexity index is 1190. The van der Waals surface area contributed by atoms with Gasteiger partial charge in [-0.3, -0.25) is 4.79 Å². The van der Waals surface area contributed by atoms with Gasteiger partial charge in [-0.25, -0.2) is 17.4 Å². The monoisotopic (exact) mass is 446 g/mol. The number of para-hydroxylation sites is 1. The van der Waals surface area contributed by atoms with Gasteiger partial charge in [0.15, 0.2) is 0 Å². The number of aromatic nitrogens is 2. The molecule has 3 rings (SSSR count). The van der Waals surface area contributed by atoms with Gasteiger partial charge in [-0.05, 0) is 44.2 Å². The fourth-order valence-corrected chi connectivity index (χ4v) is 4.45. The van der Waals surface area contributed by atoms with Crippen molar-refractivity contribution in [2.45, 2.75) is 25.3 Å². The Kier molecular flexibility index (Phi) is 6.30. The third kappa shape index (κ3) is 4.26. The number of benzene rings is 2. The van der Waals surface area contributed by atoms with Crippen LogP contribution < -0.4 is 5.32 Å². The minimum absolute atomic E-state index is 0.0658. The molecule has 0 spiro atoms. The standard InChI is InChI=1S/C21H23ClN4O3S/c1-14-18(15(2)26(24-14)17-8-6-5-7-9-17)13-23-21(27)16-10-11-19(22)20(12-16)30(28,29)25(3)4/h5-12H,13H2,1-4H3,(H,23,27). The summed E-state index contributed by atoms with van der Waals surface area (Å²) in [5, 5.41) is 7.48. The number of nitrogens with zero attached hydrogens (tertiary/aromatic N) is 3. The normalized spacial score (nSPS) is 11.7. The Morgan fingerprint density at radius 3 is 2.43 bits per heavy atom. The Balaban J connectivity index is 1.83. The molecular formula is C21H23ClN4O3S. The van der Waals surface area contributed by atoms with E-state index >= 15 is 0 Å². The van der Waals surface area contributed by atoms with Gasteiger partial charge in [0.05, 0.1) is 16.4 Å². The van der Waals surface area contributed by atoms with Gasteiger partial charge in [0.2, 0.25) is 10.0 Å². The number of hydrogen-bond acceptors (Lipinski definition) is 4. The number of carbonyl (C=O) groups excluding carboxylic acids is 1. The zero-order chi connectivity index (χ0) is 22.1. The van der Waals surface area contributed by atoms with Crippen molar-refractivity contribution in [3.8, 4) is 5.69 Å². The number of amides is 1. The predicted octanol–water partition coefficient (Wildman–Crippen LogP) is 3.32. The highest BCUT2D eigenvalue weighted by atomic mass is 35.5. The van der Waals surface area contributed by atoms with Gasteiger partial charge < -0.3 is 5.32 Å². The number of rotatable bonds is 6. The maximum absolute atomic E-state index is 12.7. The summed E-state index contributed by atoms with van der Waals surface area (Å²) in [4.78, 5) is 12.6. The fraction of sp³-hybridized carbons (Fsp3) is 0.238. The lowest BCUT2D eigenvalue weighted by Crippen LogP contribution is -2.25. The first kappa shape index (κ1) is 22.0. The van der Waals surface area contributed by atoms with Crippen molar-refractivity contribution in [2.24, 2.45) is 0 Å². The Labute approximate surface area is 181 Å². The molecule has 0 atom stereocenters. The number of hydrogen-bond donors (Lipinski definition) is 1. The molecular weight excluding hydrogens is 424 g/mol. The van der Waals surface area contributed by atoms with Crippen LogP contribution in [0.15, 0.2) is 53.4 Å². The molecule has 0 radical (unpaired) electrons. The molecule has 1 aromatic heterocycles. The maximum Gasteiger partial charge on any atom is 0.251 e. The van der Waals surface area contributed by atoms with Gasteiger partial charge >= 0.3 is 0 Å². The van der Waals surface area contributed by atoms with Crippen LogP contribution in [-0.4, -0.2) is 42.5 Å². The van der Waals surface area contributed by atoms with E-state index < -0.39 is 15.9 Å². The minimum atomic E-state index is -3.76. The van der Waals surface area contributed by atoms with Crippen molar-refractivity contribution in [1.82, 2.24) is 19.4 Å². The zero-order valence-corrected chi connectivity index (χ0v) is 18.8. The molecule has 0 aliphatic carbocycles. The quantitative estimate of drug-likeness (QED) is 0.629. The van der Waals surface area contributed by atoms with E-state index in [0.29, 0.717) is 0 Å². The number of carbonyl (C=O) groups is 1. The molecule has 158 valence electrons. The summed E-state index contributed by atoms with van der Waals surface area (Å²) in [5.74, 6) is -0.395. The van der Waals surface area contributed by atoms with Crippen molar-refractivity contribution in [3.63, 3.8) is 0 Å². The highest BCUT2D eigenvalue weighted by Crippen LogP contribution is 2.25. The highest BCUT2D eigenvalue weighted by Gasteiger charge is 2.22. The Morgan fingerprint density at radius 1 is 1.13 bits per heavy atom. The van der Waals surface area contributed by atoms with Crippen LogP contribution in [0.3, 0.4) is 0 Å². The van der Waals surface area contributed by atoms with Gasteiger partial charge in [-0.1, -0.05) is 29.8 Å². The van der Waals surface area contributed by atoms with Crippen molar-refractivity contribution in [3.05, 3.63) is 76.1 Å². The summed E-state index contributed by atoms with van der Waals surface area (Å²) in [6.07, 6.45) is 0. The van der Waals surface area contributed by atoms with Crippen molar-refractivity contribution in [2.75, 3.05) is 14.1 Å². The summed E-state index contributed by atoms with van der Waals surface area (Å²) in [5.41, 5.74) is 3.79. The van der Waals surface area contributed by atoms with E-state index in [-0.39, 0.29) is 22.0 Å². The zero-order valence-electron chi connectivity index (χ0n) is 17.2. The lowest BCUT2D eigenvalue weighted by Gasteiger charge is -2.14. The smallest absolute Gasteiger partial charge is 0.251 e. The second-order valence-corrected chi connectivity index (χ2v) is 9.54. The molecule has 2 aromatic carbocycles. The average molecular weight is 447 g/mol. The summed E-state index contributed by atoms with van der Waals surface area (Å²) >= 11 is 6.06. The molecule has 1 N–H and O–H groups in total. The topological polar surface area (TPSA) is 84.3 Å². The third-order valence-electron chi connectivity index (χ3n) is 4.82. The van der Waals surface area contributed by atoms with Crippen molar-refractivity contribution < 1.29 is 13.2 Å². The molecule has 9 heteroatoms. The molecule has 0 saturated heterocycles. The number of nitrogens with one attached hydrogen (secondary N) is 1. The number of halogens is 1. The van der Waals surface area contributed by atoms with Gasteiger partial charge in [0.1, 0.15) is 4.90 Å². The van der Waals surface area contributed by atoms with Gasteiger partial charge in [-0.15, -0.1) is 0 Å². The molecule has 3 aromatic rings. The second-order valence-electron chi connectivity index (χ2n) is 7.01. The van der Waals surface area contributed by atoms with E-state index in [1.807, 2.05) is 48.9 Å². The van der Waals surface area contributed by atoms with E-state index in [4.69, 9.17) is 11.6 Å². The Hall–Kier alpha value is -2.68.